The van der Waals surface area contributed by atoms with Crippen LogP contribution >= 0.6 is 15.9 Å². The van der Waals surface area contributed by atoms with Crippen molar-refractivity contribution in [1.29, 1.82) is 0 Å². The van der Waals surface area contributed by atoms with Gasteiger partial charge in [-0.3, -0.25) is 9.48 Å². The largest absolute Gasteiger partial charge is 0.383 e. The third-order valence-electron chi connectivity index (χ3n) is 4.69. The molecule has 0 fully saturated rings. The number of ether oxygens (including phenoxy) is 2. The van der Waals surface area contributed by atoms with Crippen molar-refractivity contribution in [3.63, 3.8) is 0 Å². The van der Waals surface area contributed by atoms with Gasteiger partial charge < -0.3 is 20.1 Å². The van der Waals surface area contributed by atoms with E-state index in [2.05, 4.69) is 41.6 Å². The minimum Gasteiger partial charge on any atom is -0.383 e. The molecule has 0 saturated carbocycles. The molecule has 4 rings (SSSR count). The molecule has 29 heavy (non-hydrogen) atoms. The van der Waals surface area contributed by atoms with Gasteiger partial charge in [-0.1, -0.05) is 15.9 Å². The van der Waals surface area contributed by atoms with E-state index in [1.807, 2.05) is 24.4 Å². The summed E-state index contributed by atoms with van der Waals surface area (Å²) in [5, 5.41) is 11.4. The standard InChI is InChI=1S/C19H21BrN6O3/c1-28-7-5-21-19-23-16(13-10-26(6-8-29-2)25-17(13)24-19)15-12-9-11(20)3-4-14(12)22-18(15)27/h3-4,9-10,15H,5-8H2,1-2H3,(H,22,27)(H,21,24,25). The van der Waals surface area contributed by atoms with Gasteiger partial charge in [0.2, 0.25) is 11.9 Å². The topological polar surface area (TPSA) is 103 Å². The molecule has 2 aromatic heterocycles. The van der Waals surface area contributed by atoms with Gasteiger partial charge in [0.25, 0.3) is 0 Å². The van der Waals surface area contributed by atoms with Crippen molar-refractivity contribution in [2.75, 3.05) is 44.6 Å². The number of nitrogens with one attached hydrogen (secondary N) is 2. The van der Waals surface area contributed by atoms with Gasteiger partial charge in [0.15, 0.2) is 5.65 Å². The number of hydrogen-bond donors (Lipinski definition) is 2. The first-order chi connectivity index (χ1) is 14.1. The molecule has 1 amide bonds. The number of halogens is 1. The van der Waals surface area contributed by atoms with Crippen LogP contribution in [-0.4, -0.2) is 59.6 Å². The molecule has 3 aromatic rings. The maximum Gasteiger partial charge on any atom is 0.238 e. The fourth-order valence-corrected chi connectivity index (χ4v) is 3.72. The average molecular weight is 461 g/mol. The second-order valence-corrected chi connectivity index (χ2v) is 7.54. The van der Waals surface area contributed by atoms with E-state index in [-0.39, 0.29) is 5.91 Å². The van der Waals surface area contributed by atoms with E-state index in [9.17, 15) is 4.79 Å². The van der Waals surface area contributed by atoms with Gasteiger partial charge >= 0.3 is 0 Å². The van der Waals surface area contributed by atoms with Crippen molar-refractivity contribution in [3.05, 3.63) is 40.1 Å². The lowest BCUT2D eigenvalue weighted by Crippen LogP contribution is -2.17. The summed E-state index contributed by atoms with van der Waals surface area (Å²) in [4.78, 5) is 22.1. The summed E-state index contributed by atoms with van der Waals surface area (Å²) < 4.78 is 12.9. The Labute approximate surface area is 175 Å². The molecule has 9 nitrogen and oxygen atoms in total. The highest BCUT2D eigenvalue weighted by Gasteiger charge is 2.35. The fourth-order valence-electron chi connectivity index (χ4n) is 3.34. The van der Waals surface area contributed by atoms with Crippen LogP contribution < -0.4 is 10.6 Å². The van der Waals surface area contributed by atoms with Crippen molar-refractivity contribution in [3.8, 4) is 0 Å². The molecule has 10 heteroatoms. The first-order valence-electron chi connectivity index (χ1n) is 9.18. The number of hydrogen-bond acceptors (Lipinski definition) is 7. The molecule has 0 radical (unpaired) electrons. The Morgan fingerprint density at radius 1 is 1.24 bits per heavy atom. The van der Waals surface area contributed by atoms with Crippen molar-refractivity contribution in [2.24, 2.45) is 0 Å². The number of nitrogens with zero attached hydrogens (tertiary/aromatic N) is 4. The number of methoxy groups -OCH3 is 2. The maximum atomic E-state index is 12.9. The number of fused-ring (bicyclic) bond motifs is 2. The minimum atomic E-state index is -0.545. The van der Waals surface area contributed by atoms with Gasteiger partial charge in [0, 0.05) is 37.1 Å². The molecule has 3 heterocycles. The number of carbonyl (C=O) groups is 1. The zero-order valence-electron chi connectivity index (χ0n) is 16.1. The van der Waals surface area contributed by atoms with Crippen LogP contribution in [0.2, 0.25) is 0 Å². The number of carbonyl (C=O) groups excluding carboxylic acids is 1. The zero-order chi connectivity index (χ0) is 20.4. The minimum absolute atomic E-state index is 0.120. The second-order valence-electron chi connectivity index (χ2n) is 6.63. The summed E-state index contributed by atoms with van der Waals surface area (Å²) >= 11 is 3.50. The average Bonchev–Trinajstić information content (AvgIpc) is 3.25. The van der Waals surface area contributed by atoms with Crippen LogP contribution in [0.25, 0.3) is 11.0 Å². The maximum absolute atomic E-state index is 12.9. The van der Waals surface area contributed by atoms with Crippen molar-refractivity contribution >= 4 is 44.5 Å². The Kier molecular flexibility index (Phi) is 5.74. The summed E-state index contributed by atoms with van der Waals surface area (Å²) in [6.45, 7) is 2.16. The van der Waals surface area contributed by atoms with Gasteiger partial charge in [0.1, 0.15) is 5.92 Å². The van der Waals surface area contributed by atoms with E-state index in [1.165, 1.54) is 0 Å². The highest BCUT2D eigenvalue weighted by Crippen LogP contribution is 2.40. The van der Waals surface area contributed by atoms with E-state index in [1.54, 1.807) is 18.9 Å². The summed E-state index contributed by atoms with van der Waals surface area (Å²) in [5.74, 6) is -0.251. The van der Waals surface area contributed by atoms with Crippen LogP contribution in [-0.2, 0) is 20.8 Å². The molecule has 0 bridgehead atoms. The Balaban J connectivity index is 1.82. The van der Waals surface area contributed by atoms with Crippen LogP contribution in [0.1, 0.15) is 17.2 Å². The molecule has 2 N–H and O–H groups in total. The van der Waals surface area contributed by atoms with Gasteiger partial charge in [-0.15, -0.1) is 0 Å². The lowest BCUT2D eigenvalue weighted by Gasteiger charge is -2.12. The van der Waals surface area contributed by atoms with E-state index >= 15 is 0 Å². The summed E-state index contributed by atoms with van der Waals surface area (Å²) in [7, 11) is 3.27. The highest BCUT2D eigenvalue weighted by molar-refractivity contribution is 9.10. The van der Waals surface area contributed by atoms with Crippen LogP contribution in [0.3, 0.4) is 0 Å². The predicted octanol–water partition coefficient (Wildman–Crippen LogP) is 2.38. The smallest absolute Gasteiger partial charge is 0.238 e. The lowest BCUT2D eigenvalue weighted by atomic mass is 9.95. The van der Waals surface area contributed by atoms with Crippen LogP contribution in [0.15, 0.2) is 28.9 Å². The molecule has 0 spiro atoms. The number of rotatable bonds is 8. The van der Waals surface area contributed by atoms with Crippen molar-refractivity contribution < 1.29 is 14.3 Å². The Hall–Kier alpha value is -2.56. The van der Waals surface area contributed by atoms with Crippen LogP contribution in [0.5, 0.6) is 0 Å². The first kappa shape index (κ1) is 19.7. The second kappa shape index (κ2) is 8.44. The van der Waals surface area contributed by atoms with Gasteiger partial charge in [-0.05, 0) is 23.8 Å². The molecule has 1 atom stereocenters. The Bertz CT molecular complexity index is 1050. The molecular formula is C19H21BrN6O3. The fraction of sp³-hybridized carbons (Fsp3) is 0.368. The molecule has 152 valence electrons. The summed E-state index contributed by atoms with van der Waals surface area (Å²) in [6, 6.07) is 5.73. The SMILES string of the molecule is COCCNc1nc(C2C(=O)Nc3ccc(Br)cc32)c2cn(CCOC)nc2n1. The molecule has 1 aromatic carbocycles. The molecule has 1 aliphatic rings. The Morgan fingerprint density at radius 2 is 2.07 bits per heavy atom. The number of anilines is 2. The van der Waals surface area contributed by atoms with Crippen molar-refractivity contribution in [2.45, 2.75) is 12.5 Å². The number of amides is 1. The zero-order valence-corrected chi connectivity index (χ0v) is 17.7. The third-order valence-corrected chi connectivity index (χ3v) is 5.18. The van der Waals surface area contributed by atoms with Gasteiger partial charge in [-0.2, -0.15) is 10.1 Å². The van der Waals surface area contributed by atoms with Crippen LogP contribution in [0, 0.1) is 0 Å². The van der Waals surface area contributed by atoms with E-state index in [0.717, 1.165) is 21.1 Å². The van der Waals surface area contributed by atoms with Crippen LogP contribution in [0.4, 0.5) is 11.6 Å². The quantitative estimate of drug-likeness (QED) is 0.497. The number of benzene rings is 1. The van der Waals surface area contributed by atoms with E-state index in [4.69, 9.17) is 9.47 Å². The molecule has 1 aliphatic heterocycles. The van der Waals surface area contributed by atoms with E-state index in [0.29, 0.717) is 43.6 Å². The summed E-state index contributed by atoms with van der Waals surface area (Å²) in [5.41, 5.74) is 2.81. The van der Waals surface area contributed by atoms with Crippen molar-refractivity contribution in [1.82, 2.24) is 19.7 Å². The Morgan fingerprint density at radius 3 is 2.86 bits per heavy atom. The first-order valence-corrected chi connectivity index (χ1v) is 9.97. The molecule has 0 saturated heterocycles. The molecule has 0 aliphatic carbocycles. The van der Waals surface area contributed by atoms with Gasteiger partial charge in [-0.25, -0.2) is 4.98 Å². The lowest BCUT2D eigenvalue weighted by molar-refractivity contribution is -0.116. The molecular weight excluding hydrogens is 440 g/mol. The third kappa shape index (κ3) is 3.96. The normalized spacial score (nSPS) is 15.6. The monoisotopic (exact) mass is 460 g/mol. The molecule has 1 unspecified atom stereocenters. The number of aromatic nitrogens is 4. The highest BCUT2D eigenvalue weighted by atomic mass is 79.9. The van der Waals surface area contributed by atoms with E-state index < -0.39 is 5.92 Å². The summed E-state index contributed by atoms with van der Waals surface area (Å²) in [6.07, 6.45) is 1.87. The van der Waals surface area contributed by atoms with Gasteiger partial charge in [0.05, 0.1) is 30.8 Å². The predicted molar refractivity (Wildman–Crippen MR) is 112 cm³/mol.